The first-order valence-electron chi connectivity index (χ1n) is 8.49. The molecule has 0 aromatic carbocycles. The van der Waals surface area contributed by atoms with Crippen LogP contribution >= 0.6 is 11.3 Å². The van der Waals surface area contributed by atoms with E-state index in [9.17, 15) is 9.59 Å². The van der Waals surface area contributed by atoms with Crippen LogP contribution in [0.4, 0.5) is 0 Å². The van der Waals surface area contributed by atoms with Gasteiger partial charge in [-0.1, -0.05) is 6.07 Å². The van der Waals surface area contributed by atoms with Crippen LogP contribution in [0, 0.1) is 0 Å². The third-order valence-corrected chi connectivity index (χ3v) is 6.01. The summed E-state index contributed by atoms with van der Waals surface area (Å²) in [6.07, 6.45) is 6.65. The molecule has 2 N–H and O–H groups in total. The summed E-state index contributed by atoms with van der Waals surface area (Å²) < 4.78 is 1.63. The fraction of sp³-hybridized carbons (Fsp3) is 0.333. The number of nitrogens with two attached hydrogens (primary N) is 1. The van der Waals surface area contributed by atoms with Gasteiger partial charge in [0.1, 0.15) is 4.83 Å². The van der Waals surface area contributed by atoms with Crippen molar-refractivity contribution in [3.63, 3.8) is 0 Å². The van der Waals surface area contributed by atoms with Crippen LogP contribution < -0.4 is 5.73 Å². The van der Waals surface area contributed by atoms with Gasteiger partial charge in [0.25, 0.3) is 11.8 Å². The number of carbonyl (C=O) groups excluding carboxylic acids is 2. The predicted molar refractivity (Wildman–Crippen MR) is 99.2 cm³/mol. The quantitative estimate of drug-likeness (QED) is 0.765. The zero-order chi connectivity index (χ0) is 18.3. The summed E-state index contributed by atoms with van der Waals surface area (Å²) in [5, 5.41) is 5.07. The maximum absolute atomic E-state index is 12.6. The first kappa shape index (κ1) is 16.7. The summed E-state index contributed by atoms with van der Waals surface area (Å²) >= 11 is 1.36. The molecule has 26 heavy (non-hydrogen) atoms. The molecule has 1 aliphatic rings. The lowest BCUT2D eigenvalue weighted by atomic mass is 9.87. The number of primary amides is 1. The van der Waals surface area contributed by atoms with Crippen LogP contribution in [0.1, 0.15) is 44.4 Å². The number of hydrogen-bond donors (Lipinski definition) is 1. The Bertz CT molecular complexity index is 985. The molecular weight excluding hydrogens is 350 g/mol. The van der Waals surface area contributed by atoms with Gasteiger partial charge in [-0.05, 0) is 30.4 Å². The van der Waals surface area contributed by atoms with Crippen LogP contribution in [0.25, 0.3) is 10.2 Å². The minimum Gasteiger partial charge on any atom is -0.365 e. The summed E-state index contributed by atoms with van der Waals surface area (Å²) in [7, 11) is 1.80. The molecule has 1 saturated heterocycles. The first-order valence-corrected chi connectivity index (χ1v) is 9.31. The number of thiophene rings is 1. The molecule has 0 saturated carbocycles. The lowest BCUT2D eigenvalue weighted by molar-refractivity contribution is 0.0712. The van der Waals surface area contributed by atoms with Crippen molar-refractivity contribution in [2.75, 3.05) is 13.1 Å². The lowest BCUT2D eigenvalue weighted by Gasteiger charge is -2.32. The lowest BCUT2D eigenvalue weighted by Crippen LogP contribution is -2.38. The van der Waals surface area contributed by atoms with Gasteiger partial charge in [-0.2, -0.15) is 5.10 Å². The minimum atomic E-state index is -0.406. The topological polar surface area (TPSA) is 94.1 Å². The minimum absolute atomic E-state index is 0.00326. The van der Waals surface area contributed by atoms with E-state index in [1.807, 2.05) is 17.0 Å². The summed E-state index contributed by atoms with van der Waals surface area (Å²) in [5.74, 6) is -0.200. The van der Waals surface area contributed by atoms with Crippen molar-refractivity contribution in [3.8, 4) is 0 Å². The normalized spacial score (nSPS) is 15.5. The third-order valence-electron chi connectivity index (χ3n) is 4.87. The highest BCUT2D eigenvalue weighted by Crippen LogP contribution is 2.39. The van der Waals surface area contributed by atoms with E-state index in [2.05, 4.69) is 10.1 Å². The van der Waals surface area contributed by atoms with Crippen LogP contribution in [0.2, 0.25) is 0 Å². The number of likely N-dealkylation sites (tertiary alicyclic amines) is 1. The second-order valence-electron chi connectivity index (χ2n) is 6.53. The van der Waals surface area contributed by atoms with Crippen LogP contribution in [-0.2, 0) is 7.05 Å². The van der Waals surface area contributed by atoms with Gasteiger partial charge in [-0.15, -0.1) is 11.3 Å². The van der Waals surface area contributed by atoms with E-state index in [0.29, 0.717) is 23.5 Å². The molecule has 0 radical (unpaired) electrons. The highest BCUT2D eigenvalue weighted by atomic mass is 32.1. The molecule has 0 unspecified atom stereocenters. The molecule has 2 amide bonds. The molecule has 8 heteroatoms. The molecule has 4 heterocycles. The number of rotatable bonds is 3. The van der Waals surface area contributed by atoms with Crippen molar-refractivity contribution in [3.05, 3.63) is 46.7 Å². The third kappa shape index (κ3) is 2.86. The molecule has 3 aromatic heterocycles. The number of amides is 2. The van der Waals surface area contributed by atoms with E-state index < -0.39 is 5.91 Å². The van der Waals surface area contributed by atoms with Crippen molar-refractivity contribution in [1.29, 1.82) is 0 Å². The SMILES string of the molecule is Cn1cc(C(=O)N2CCC(c3c(C(N)=O)sc4ncccc34)CC2)cn1. The van der Waals surface area contributed by atoms with Crippen LogP contribution in [-0.4, -0.2) is 44.6 Å². The smallest absolute Gasteiger partial charge is 0.259 e. The highest BCUT2D eigenvalue weighted by molar-refractivity contribution is 7.20. The van der Waals surface area contributed by atoms with E-state index >= 15 is 0 Å². The monoisotopic (exact) mass is 369 g/mol. The zero-order valence-electron chi connectivity index (χ0n) is 14.4. The van der Waals surface area contributed by atoms with Gasteiger partial charge in [-0.3, -0.25) is 14.3 Å². The molecule has 0 aliphatic carbocycles. The van der Waals surface area contributed by atoms with Crippen LogP contribution in [0.3, 0.4) is 0 Å². The van der Waals surface area contributed by atoms with E-state index in [-0.39, 0.29) is 11.8 Å². The molecule has 134 valence electrons. The number of nitrogens with zero attached hydrogens (tertiary/aromatic N) is 4. The molecule has 4 rings (SSSR count). The van der Waals surface area contributed by atoms with Gasteiger partial charge in [0.05, 0.1) is 16.6 Å². The molecule has 0 spiro atoms. The molecule has 1 aliphatic heterocycles. The van der Waals surface area contributed by atoms with E-state index in [1.54, 1.807) is 30.3 Å². The fourth-order valence-corrected chi connectivity index (χ4v) is 4.71. The van der Waals surface area contributed by atoms with Crippen molar-refractivity contribution >= 4 is 33.4 Å². The van der Waals surface area contributed by atoms with Crippen LogP contribution in [0.5, 0.6) is 0 Å². The largest absolute Gasteiger partial charge is 0.365 e. The zero-order valence-corrected chi connectivity index (χ0v) is 15.2. The van der Waals surface area contributed by atoms with Gasteiger partial charge in [0.15, 0.2) is 0 Å². The molecule has 3 aromatic rings. The first-order chi connectivity index (χ1) is 12.5. The summed E-state index contributed by atoms with van der Waals surface area (Å²) in [6, 6.07) is 3.87. The number of pyridine rings is 1. The van der Waals surface area contributed by atoms with Gasteiger partial charge < -0.3 is 10.6 Å². The number of fused-ring (bicyclic) bond motifs is 1. The Balaban J connectivity index is 1.57. The van der Waals surface area contributed by atoms with Gasteiger partial charge >= 0.3 is 0 Å². The van der Waals surface area contributed by atoms with Gasteiger partial charge in [-0.25, -0.2) is 4.98 Å². The van der Waals surface area contributed by atoms with Crippen molar-refractivity contribution in [2.24, 2.45) is 12.8 Å². The molecular formula is C18H19N5O2S. The molecule has 1 fully saturated rings. The highest BCUT2D eigenvalue weighted by Gasteiger charge is 2.30. The standard InChI is InChI=1S/C18H19N5O2S/c1-22-10-12(9-21-22)18(25)23-7-4-11(5-8-23)14-13-3-2-6-20-17(13)26-15(14)16(19)24/h2-3,6,9-11H,4-5,7-8H2,1H3,(H2,19,24). The maximum Gasteiger partial charge on any atom is 0.259 e. The number of hydrogen-bond acceptors (Lipinski definition) is 5. The predicted octanol–water partition coefficient (Wildman–Crippen LogP) is 2.15. The average Bonchev–Trinajstić information content (AvgIpc) is 3.25. The number of carbonyl (C=O) groups is 2. The Morgan fingerprint density at radius 1 is 1.31 bits per heavy atom. The van der Waals surface area contributed by atoms with E-state index in [1.165, 1.54) is 11.3 Å². The fourth-order valence-electron chi connectivity index (χ4n) is 3.62. The Hall–Kier alpha value is -2.74. The summed E-state index contributed by atoms with van der Waals surface area (Å²) in [5.41, 5.74) is 7.21. The Morgan fingerprint density at radius 2 is 2.08 bits per heavy atom. The van der Waals surface area contributed by atoms with Crippen molar-refractivity contribution in [2.45, 2.75) is 18.8 Å². The maximum atomic E-state index is 12.6. The Kier molecular flexibility index (Phi) is 4.20. The second kappa shape index (κ2) is 6.53. The average molecular weight is 369 g/mol. The van der Waals surface area contributed by atoms with Gasteiger partial charge in [0, 0.05) is 37.9 Å². The number of aromatic nitrogens is 3. The van der Waals surface area contributed by atoms with Gasteiger partial charge in [0.2, 0.25) is 0 Å². The van der Waals surface area contributed by atoms with Crippen LogP contribution in [0.15, 0.2) is 30.7 Å². The van der Waals surface area contributed by atoms with E-state index in [0.717, 1.165) is 28.6 Å². The summed E-state index contributed by atoms with van der Waals surface area (Å²) in [4.78, 5) is 32.2. The van der Waals surface area contributed by atoms with Crippen molar-refractivity contribution < 1.29 is 9.59 Å². The molecule has 0 bridgehead atoms. The molecule has 7 nitrogen and oxygen atoms in total. The summed E-state index contributed by atoms with van der Waals surface area (Å²) in [6.45, 7) is 1.29. The number of piperidine rings is 1. The number of aryl methyl sites for hydroxylation is 1. The van der Waals surface area contributed by atoms with Crippen molar-refractivity contribution in [1.82, 2.24) is 19.7 Å². The van der Waals surface area contributed by atoms with E-state index in [4.69, 9.17) is 5.73 Å². The Morgan fingerprint density at radius 3 is 2.73 bits per heavy atom. The second-order valence-corrected chi connectivity index (χ2v) is 7.53. The Labute approximate surface area is 154 Å². The molecule has 0 atom stereocenters.